The molecule has 0 amide bonds. The fourth-order valence-electron chi connectivity index (χ4n) is 0.918. The number of anilines is 1. The van der Waals surface area contributed by atoms with Crippen molar-refractivity contribution in [3.63, 3.8) is 0 Å². The lowest BCUT2D eigenvalue weighted by Crippen LogP contribution is -2.04. The number of rotatable bonds is 2. The molecule has 0 aliphatic carbocycles. The zero-order valence-corrected chi connectivity index (χ0v) is 8.02. The molecular weight excluding hydrogens is 231 g/mol. The number of nitrogens with two attached hydrogens (primary N) is 1. The van der Waals surface area contributed by atoms with E-state index in [4.69, 9.17) is 10.8 Å². The molecule has 0 unspecified atom stereocenters. The van der Waals surface area contributed by atoms with Gasteiger partial charge in [-0.3, -0.25) is 0 Å². The van der Waals surface area contributed by atoms with Crippen molar-refractivity contribution in [3.05, 3.63) is 23.8 Å². The molecule has 3 N–H and O–H groups in total. The van der Waals surface area contributed by atoms with E-state index in [0.717, 1.165) is 18.2 Å². The lowest BCUT2D eigenvalue weighted by Gasteiger charge is -2.07. The summed E-state index contributed by atoms with van der Waals surface area (Å²) < 4.78 is 35.9. The van der Waals surface area contributed by atoms with Gasteiger partial charge in [0.1, 0.15) is 0 Å². The minimum Gasteiger partial charge on any atom is -0.478 e. The minimum absolute atomic E-state index is 0.0611. The normalized spacial score (nSPS) is 11.4. The van der Waals surface area contributed by atoms with Crippen LogP contribution in [0.25, 0.3) is 0 Å². The maximum atomic E-state index is 12.0. The predicted molar refractivity (Wildman–Crippen MR) is 49.7 cm³/mol. The van der Waals surface area contributed by atoms with Crippen LogP contribution in [0.3, 0.4) is 0 Å². The van der Waals surface area contributed by atoms with Gasteiger partial charge in [-0.25, -0.2) is 4.79 Å². The Morgan fingerprint density at radius 3 is 2.47 bits per heavy atom. The molecule has 0 atom stereocenters. The van der Waals surface area contributed by atoms with Crippen LogP contribution in [0, 0.1) is 0 Å². The number of benzene rings is 1. The number of carbonyl (C=O) groups is 1. The highest BCUT2D eigenvalue weighted by atomic mass is 32.2. The Hall–Kier alpha value is -1.37. The molecule has 0 aliphatic heterocycles. The molecule has 1 rings (SSSR count). The Morgan fingerprint density at radius 2 is 2.00 bits per heavy atom. The summed E-state index contributed by atoms with van der Waals surface area (Å²) in [6.07, 6.45) is 0. The van der Waals surface area contributed by atoms with E-state index in [1.807, 2.05) is 0 Å². The summed E-state index contributed by atoms with van der Waals surface area (Å²) >= 11 is -0.378. The van der Waals surface area contributed by atoms with Crippen LogP contribution < -0.4 is 5.73 Å². The molecule has 0 aromatic heterocycles. The van der Waals surface area contributed by atoms with Gasteiger partial charge in [0.05, 0.1) is 5.56 Å². The van der Waals surface area contributed by atoms with E-state index in [1.54, 1.807) is 0 Å². The standard InChI is InChI=1S/C8H6F3NO2S/c9-8(10,11)15-4-1-2-6(12)5(3-4)7(13)14/h1-3H,12H2,(H,13,14). The fourth-order valence-corrected chi connectivity index (χ4v) is 1.50. The summed E-state index contributed by atoms with van der Waals surface area (Å²) in [5, 5.41) is 8.62. The van der Waals surface area contributed by atoms with Crippen LogP contribution in [-0.2, 0) is 0 Å². The average molecular weight is 237 g/mol. The molecule has 15 heavy (non-hydrogen) atoms. The fraction of sp³-hybridized carbons (Fsp3) is 0.125. The number of halogens is 3. The Morgan fingerprint density at radius 1 is 1.40 bits per heavy atom. The molecule has 0 aliphatic rings. The zero-order chi connectivity index (χ0) is 11.6. The van der Waals surface area contributed by atoms with Gasteiger partial charge in [-0.2, -0.15) is 13.2 Å². The van der Waals surface area contributed by atoms with Crippen molar-refractivity contribution in [1.82, 2.24) is 0 Å². The molecule has 0 spiro atoms. The molecule has 0 saturated heterocycles. The Bertz CT molecular complexity index is 392. The summed E-state index contributed by atoms with van der Waals surface area (Å²) in [6.45, 7) is 0. The molecule has 0 heterocycles. The molecule has 0 saturated carbocycles. The lowest BCUT2D eigenvalue weighted by atomic mass is 10.2. The van der Waals surface area contributed by atoms with Crippen LogP contribution in [-0.4, -0.2) is 16.6 Å². The number of carboxylic acid groups (broad SMARTS) is 1. The van der Waals surface area contributed by atoms with Gasteiger partial charge in [0.2, 0.25) is 0 Å². The summed E-state index contributed by atoms with van der Waals surface area (Å²) in [6, 6.07) is 3.16. The Balaban J connectivity index is 3.03. The van der Waals surface area contributed by atoms with Crippen LogP contribution in [0.5, 0.6) is 0 Å². The number of hydrogen-bond donors (Lipinski definition) is 2. The Labute approximate surface area is 87.1 Å². The molecule has 3 nitrogen and oxygen atoms in total. The number of carboxylic acids is 1. The number of nitrogen functional groups attached to an aromatic ring is 1. The van der Waals surface area contributed by atoms with Crippen LogP contribution in [0.15, 0.2) is 23.1 Å². The zero-order valence-electron chi connectivity index (χ0n) is 7.21. The van der Waals surface area contributed by atoms with Gasteiger partial charge >= 0.3 is 11.5 Å². The van der Waals surface area contributed by atoms with Crippen molar-refractivity contribution < 1.29 is 23.1 Å². The minimum atomic E-state index is -4.44. The number of alkyl halides is 3. The van der Waals surface area contributed by atoms with Crippen molar-refractivity contribution in [2.24, 2.45) is 0 Å². The summed E-state index contributed by atoms with van der Waals surface area (Å²) in [4.78, 5) is 10.4. The summed E-state index contributed by atoms with van der Waals surface area (Å²) in [5.74, 6) is -1.35. The molecule has 82 valence electrons. The second-order valence-corrected chi connectivity index (χ2v) is 3.74. The van der Waals surface area contributed by atoms with Gasteiger partial charge in [-0.1, -0.05) is 0 Å². The maximum absolute atomic E-state index is 12.0. The van der Waals surface area contributed by atoms with Crippen LogP contribution >= 0.6 is 11.8 Å². The van der Waals surface area contributed by atoms with E-state index >= 15 is 0 Å². The van der Waals surface area contributed by atoms with Crippen molar-refractivity contribution in [2.75, 3.05) is 5.73 Å². The second-order valence-electron chi connectivity index (χ2n) is 2.60. The smallest absolute Gasteiger partial charge is 0.446 e. The first-order valence-electron chi connectivity index (χ1n) is 3.68. The first kappa shape index (κ1) is 11.7. The average Bonchev–Trinajstić information content (AvgIpc) is 2.05. The largest absolute Gasteiger partial charge is 0.478 e. The number of hydrogen-bond acceptors (Lipinski definition) is 3. The van der Waals surface area contributed by atoms with Gasteiger partial charge in [-0.05, 0) is 30.0 Å². The first-order chi connectivity index (χ1) is 6.79. The maximum Gasteiger partial charge on any atom is 0.446 e. The topological polar surface area (TPSA) is 63.3 Å². The monoisotopic (exact) mass is 237 g/mol. The first-order valence-corrected chi connectivity index (χ1v) is 4.50. The highest BCUT2D eigenvalue weighted by Gasteiger charge is 2.29. The van der Waals surface area contributed by atoms with Crippen molar-refractivity contribution in [3.8, 4) is 0 Å². The number of aromatic carboxylic acids is 1. The second kappa shape index (κ2) is 4.01. The van der Waals surface area contributed by atoms with Gasteiger partial charge < -0.3 is 10.8 Å². The summed E-state index contributed by atoms with van der Waals surface area (Å²) in [7, 11) is 0. The van der Waals surface area contributed by atoms with E-state index in [0.29, 0.717) is 0 Å². The molecule has 1 aromatic carbocycles. The lowest BCUT2D eigenvalue weighted by molar-refractivity contribution is -0.0328. The highest BCUT2D eigenvalue weighted by Crippen LogP contribution is 2.37. The SMILES string of the molecule is Nc1ccc(SC(F)(F)F)cc1C(=O)O. The number of thioether (sulfide) groups is 1. The van der Waals surface area contributed by atoms with Crippen molar-refractivity contribution >= 4 is 23.4 Å². The van der Waals surface area contributed by atoms with E-state index in [9.17, 15) is 18.0 Å². The van der Waals surface area contributed by atoms with Gasteiger partial charge in [0.15, 0.2) is 0 Å². The van der Waals surface area contributed by atoms with Crippen LogP contribution in [0.2, 0.25) is 0 Å². The predicted octanol–water partition coefficient (Wildman–Crippen LogP) is 2.58. The quantitative estimate of drug-likeness (QED) is 0.613. The molecule has 7 heteroatoms. The van der Waals surface area contributed by atoms with Crippen LogP contribution in [0.1, 0.15) is 10.4 Å². The third-order valence-electron chi connectivity index (χ3n) is 1.49. The van der Waals surface area contributed by atoms with E-state index in [2.05, 4.69) is 0 Å². The summed E-state index contributed by atoms with van der Waals surface area (Å²) in [5.41, 5.74) is 0.454. The Kier molecular flexibility index (Phi) is 3.13. The molecule has 1 aromatic rings. The molecule has 0 bridgehead atoms. The molecule has 0 fully saturated rings. The van der Waals surface area contributed by atoms with Gasteiger partial charge in [0, 0.05) is 10.6 Å². The van der Waals surface area contributed by atoms with Gasteiger partial charge in [0.25, 0.3) is 0 Å². The van der Waals surface area contributed by atoms with E-state index < -0.39 is 11.5 Å². The highest BCUT2D eigenvalue weighted by molar-refractivity contribution is 8.00. The van der Waals surface area contributed by atoms with Gasteiger partial charge in [-0.15, -0.1) is 0 Å². The third-order valence-corrected chi connectivity index (χ3v) is 2.21. The molecular formula is C8H6F3NO2S. The van der Waals surface area contributed by atoms with Crippen molar-refractivity contribution in [1.29, 1.82) is 0 Å². The van der Waals surface area contributed by atoms with Crippen molar-refractivity contribution in [2.45, 2.75) is 10.4 Å². The van der Waals surface area contributed by atoms with Crippen LogP contribution in [0.4, 0.5) is 18.9 Å². The van der Waals surface area contributed by atoms with E-state index in [-0.39, 0.29) is 27.9 Å². The third kappa shape index (κ3) is 3.35. The molecule has 0 radical (unpaired) electrons. The van der Waals surface area contributed by atoms with E-state index in [1.165, 1.54) is 0 Å².